The van der Waals surface area contributed by atoms with Crippen LogP contribution in [0.25, 0.3) is 11.5 Å². The highest BCUT2D eigenvalue weighted by atomic mass is 19.1. The van der Waals surface area contributed by atoms with Gasteiger partial charge in [-0.25, -0.2) is 9.18 Å². The molecule has 0 aliphatic heterocycles. The van der Waals surface area contributed by atoms with E-state index >= 15 is 0 Å². The summed E-state index contributed by atoms with van der Waals surface area (Å²) in [6, 6.07) is 4.80. The zero-order valence-corrected chi connectivity index (χ0v) is 13.9. The fourth-order valence-corrected chi connectivity index (χ4v) is 1.80. The van der Waals surface area contributed by atoms with Gasteiger partial charge >= 0.3 is 17.6 Å². The summed E-state index contributed by atoms with van der Waals surface area (Å²) in [5.41, 5.74) is 4.23. The first-order valence-electron chi connectivity index (χ1n) is 7.50. The van der Waals surface area contributed by atoms with E-state index in [0.717, 1.165) is 0 Å². The summed E-state index contributed by atoms with van der Waals surface area (Å²) in [5, 5.41) is 6.15. The average Bonchev–Trinajstić information content (AvgIpc) is 2.93. The van der Waals surface area contributed by atoms with E-state index in [1.165, 1.54) is 24.3 Å². The molecule has 0 spiro atoms. The Bertz CT molecular complexity index is 871. The van der Waals surface area contributed by atoms with Crippen molar-refractivity contribution in [2.45, 2.75) is 26.4 Å². The van der Waals surface area contributed by atoms with Crippen molar-refractivity contribution in [3.8, 4) is 11.5 Å². The molecule has 3 amide bonds. The number of benzene rings is 1. The molecule has 3 N–H and O–H groups in total. The molecule has 2 aromatic rings. The molecular weight excluding hydrogens is 349 g/mol. The number of halogens is 1. The Morgan fingerprint density at radius 3 is 2.42 bits per heavy atom. The Morgan fingerprint density at radius 1 is 1.15 bits per heavy atom. The van der Waals surface area contributed by atoms with Crippen molar-refractivity contribution in [2.24, 2.45) is 0 Å². The topological polar surface area (TPSA) is 135 Å². The summed E-state index contributed by atoms with van der Waals surface area (Å²) in [4.78, 5) is 46.3. The van der Waals surface area contributed by atoms with Crippen LogP contribution >= 0.6 is 0 Å². The van der Waals surface area contributed by atoms with Crippen molar-refractivity contribution in [1.29, 1.82) is 0 Å². The molecule has 0 radical (unpaired) electrons. The number of aromatic nitrogens is 2. The Kier molecular flexibility index (Phi) is 5.83. The van der Waals surface area contributed by atoms with Crippen LogP contribution in [0, 0.1) is 5.82 Å². The van der Waals surface area contributed by atoms with E-state index in [4.69, 9.17) is 4.42 Å². The van der Waals surface area contributed by atoms with E-state index < -0.39 is 35.8 Å². The van der Waals surface area contributed by atoms with Gasteiger partial charge in [0, 0.05) is 11.6 Å². The Morgan fingerprint density at radius 2 is 1.81 bits per heavy atom. The van der Waals surface area contributed by atoms with Gasteiger partial charge in [0.15, 0.2) is 0 Å². The maximum atomic E-state index is 12.9. The molecule has 0 atom stereocenters. The van der Waals surface area contributed by atoms with Gasteiger partial charge in [-0.15, -0.1) is 5.10 Å². The van der Waals surface area contributed by atoms with Gasteiger partial charge in [-0.2, -0.15) is 4.68 Å². The highest BCUT2D eigenvalue weighted by Gasteiger charge is 2.17. The molecule has 0 saturated heterocycles. The molecule has 0 saturated carbocycles. The number of carbonyl (C=O) groups excluding carboxylic acids is 3. The summed E-state index contributed by atoms with van der Waals surface area (Å²) >= 11 is 0. The summed E-state index contributed by atoms with van der Waals surface area (Å²) in [6.07, 6.45) is 0. The molecule has 1 heterocycles. The maximum absolute atomic E-state index is 12.9. The van der Waals surface area contributed by atoms with Crippen LogP contribution in [0.4, 0.5) is 4.39 Å². The predicted octanol–water partition coefficient (Wildman–Crippen LogP) is -0.686. The van der Waals surface area contributed by atoms with Crippen molar-refractivity contribution < 1.29 is 23.2 Å². The standard InChI is InChI=1S/C15H16FN5O5/c1-8(2)17-12(23)13(24)19-18-11(22)7-21-15(25)26-14(20-21)9-3-5-10(16)6-4-9/h3-6,8H,7H2,1-2H3,(H,17,23)(H,18,22)(H,19,24). The van der Waals surface area contributed by atoms with Gasteiger partial charge in [-0.1, -0.05) is 0 Å². The van der Waals surface area contributed by atoms with Gasteiger partial charge in [0.1, 0.15) is 12.4 Å². The zero-order chi connectivity index (χ0) is 19.3. The van der Waals surface area contributed by atoms with Crippen molar-refractivity contribution in [3.05, 3.63) is 40.6 Å². The van der Waals surface area contributed by atoms with Gasteiger partial charge in [-0.3, -0.25) is 25.2 Å². The van der Waals surface area contributed by atoms with E-state index in [1.807, 2.05) is 10.9 Å². The van der Waals surface area contributed by atoms with Crippen LogP contribution in [-0.2, 0) is 20.9 Å². The molecule has 0 fully saturated rings. The second-order valence-electron chi connectivity index (χ2n) is 5.47. The Hall–Kier alpha value is -3.50. The number of hydrazine groups is 1. The van der Waals surface area contributed by atoms with Gasteiger partial charge in [0.25, 0.3) is 5.91 Å². The minimum Gasteiger partial charge on any atom is -0.388 e. The first-order chi connectivity index (χ1) is 12.3. The number of amides is 3. The van der Waals surface area contributed by atoms with Crippen LogP contribution in [0.1, 0.15) is 13.8 Å². The van der Waals surface area contributed by atoms with Crippen molar-refractivity contribution in [1.82, 2.24) is 25.9 Å². The van der Waals surface area contributed by atoms with Crippen molar-refractivity contribution >= 4 is 17.7 Å². The summed E-state index contributed by atoms with van der Waals surface area (Å²) in [6.45, 7) is 2.77. The van der Waals surface area contributed by atoms with Gasteiger partial charge in [0.05, 0.1) is 0 Å². The first kappa shape index (κ1) is 18.8. The van der Waals surface area contributed by atoms with Gasteiger partial charge in [0.2, 0.25) is 5.89 Å². The number of carbonyl (C=O) groups is 3. The molecule has 0 aliphatic rings. The lowest BCUT2D eigenvalue weighted by molar-refractivity contribution is -0.141. The van der Waals surface area contributed by atoms with Crippen LogP contribution in [0.2, 0.25) is 0 Å². The molecule has 0 aliphatic carbocycles. The van der Waals surface area contributed by atoms with E-state index in [9.17, 15) is 23.6 Å². The first-order valence-corrected chi connectivity index (χ1v) is 7.50. The summed E-state index contributed by atoms with van der Waals surface area (Å²) in [5.74, 6) is -4.26. The minimum absolute atomic E-state index is 0.0943. The molecule has 1 aromatic heterocycles. The molecule has 0 bridgehead atoms. The lowest BCUT2D eigenvalue weighted by Crippen LogP contribution is -2.50. The molecule has 138 valence electrons. The van der Waals surface area contributed by atoms with Crippen LogP contribution in [0.3, 0.4) is 0 Å². The molecule has 10 nitrogen and oxygen atoms in total. The monoisotopic (exact) mass is 365 g/mol. The van der Waals surface area contributed by atoms with Crippen molar-refractivity contribution in [3.63, 3.8) is 0 Å². The van der Waals surface area contributed by atoms with E-state index in [0.29, 0.717) is 10.2 Å². The molecule has 2 rings (SSSR count). The smallest absolute Gasteiger partial charge is 0.388 e. The lowest BCUT2D eigenvalue weighted by Gasteiger charge is -2.09. The van der Waals surface area contributed by atoms with E-state index in [1.54, 1.807) is 13.8 Å². The Labute approximate surface area is 146 Å². The van der Waals surface area contributed by atoms with Crippen LogP contribution < -0.4 is 21.9 Å². The third-order valence-electron chi connectivity index (χ3n) is 2.93. The maximum Gasteiger partial charge on any atom is 0.437 e. The Balaban J connectivity index is 1.95. The molecule has 1 aromatic carbocycles. The lowest BCUT2D eigenvalue weighted by atomic mass is 10.2. The number of hydrogen-bond acceptors (Lipinski definition) is 6. The number of hydrogen-bond donors (Lipinski definition) is 3. The van der Waals surface area contributed by atoms with Gasteiger partial charge in [-0.05, 0) is 38.1 Å². The van der Waals surface area contributed by atoms with Crippen LogP contribution in [0.5, 0.6) is 0 Å². The second-order valence-corrected chi connectivity index (χ2v) is 5.47. The third kappa shape index (κ3) is 5.00. The van der Waals surface area contributed by atoms with E-state index in [-0.39, 0.29) is 11.9 Å². The number of rotatable bonds is 4. The molecule has 11 heteroatoms. The van der Waals surface area contributed by atoms with Gasteiger partial charge < -0.3 is 9.73 Å². The minimum atomic E-state index is -1.06. The molecular formula is C15H16FN5O5. The number of nitrogens with zero attached hydrogens (tertiary/aromatic N) is 2. The van der Waals surface area contributed by atoms with Crippen LogP contribution in [0.15, 0.2) is 33.5 Å². The molecule has 26 heavy (non-hydrogen) atoms. The summed E-state index contributed by atoms with van der Waals surface area (Å²) < 4.78 is 18.5. The third-order valence-corrected chi connectivity index (χ3v) is 2.93. The average molecular weight is 365 g/mol. The zero-order valence-electron chi connectivity index (χ0n) is 13.9. The fourth-order valence-electron chi connectivity index (χ4n) is 1.80. The predicted molar refractivity (Wildman–Crippen MR) is 85.7 cm³/mol. The molecule has 0 unspecified atom stereocenters. The fraction of sp³-hybridized carbons (Fsp3) is 0.267. The quantitative estimate of drug-likeness (QED) is 0.485. The SMILES string of the molecule is CC(C)NC(=O)C(=O)NNC(=O)Cn1nc(-c2ccc(F)cc2)oc1=O. The highest BCUT2D eigenvalue weighted by Crippen LogP contribution is 2.15. The second kappa shape index (κ2) is 8.05. The normalized spacial score (nSPS) is 10.5. The number of nitrogens with one attached hydrogen (secondary N) is 3. The van der Waals surface area contributed by atoms with Crippen molar-refractivity contribution in [2.75, 3.05) is 0 Å². The van der Waals surface area contributed by atoms with Crippen LogP contribution in [-0.4, -0.2) is 33.5 Å². The largest absolute Gasteiger partial charge is 0.437 e. The summed E-state index contributed by atoms with van der Waals surface area (Å²) in [7, 11) is 0. The van der Waals surface area contributed by atoms with E-state index in [2.05, 4.69) is 10.4 Å². The highest BCUT2D eigenvalue weighted by molar-refractivity contribution is 6.35.